The first kappa shape index (κ1) is 6.99. The normalized spacial score (nSPS) is 9.80. The van der Waals surface area contributed by atoms with E-state index in [4.69, 9.17) is 0 Å². The molecule has 0 aromatic carbocycles. The molecule has 0 bridgehead atoms. The summed E-state index contributed by atoms with van der Waals surface area (Å²) in [5, 5.41) is 4.09. The fourth-order valence-electron chi connectivity index (χ4n) is 0.833. The van der Waals surface area contributed by atoms with E-state index in [1.165, 1.54) is 0 Å². The largest absolute Gasteiger partial charge is 0.253 e. The van der Waals surface area contributed by atoms with Crippen molar-refractivity contribution < 1.29 is 0 Å². The number of hydrogen-bond donors (Lipinski definition) is 0. The first-order valence-electron chi connectivity index (χ1n) is 3.30. The van der Waals surface area contributed by atoms with Gasteiger partial charge in [0.25, 0.3) is 0 Å². The monoisotopic (exact) mass is 137 g/mol. The maximum Gasteiger partial charge on any atom is 0.173 e. The average Bonchev–Trinajstić information content (AvgIpc) is 2.30. The number of aromatic nitrogens is 3. The summed E-state index contributed by atoms with van der Waals surface area (Å²) >= 11 is 0. The molecule has 0 N–H and O–H groups in total. The lowest BCUT2D eigenvalue weighted by Crippen LogP contribution is -1.96. The molecule has 0 aliphatic carbocycles. The molecule has 0 fully saturated rings. The minimum atomic E-state index is 0.708. The highest BCUT2D eigenvalue weighted by Gasteiger charge is 1.99. The Morgan fingerprint density at radius 3 is 2.70 bits per heavy atom. The first-order valence-corrected chi connectivity index (χ1v) is 3.30. The van der Waals surface area contributed by atoms with E-state index in [0.29, 0.717) is 5.82 Å². The highest BCUT2D eigenvalue weighted by atomic mass is 15.3. The van der Waals surface area contributed by atoms with Gasteiger partial charge in [0.15, 0.2) is 5.82 Å². The zero-order valence-corrected chi connectivity index (χ0v) is 6.33. The molecule has 0 unspecified atom stereocenters. The maximum atomic E-state index is 4.18. The lowest BCUT2D eigenvalue weighted by molar-refractivity contribution is 0.708. The molecule has 1 heterocycles. The van der Waals surface area contributed by atoms with Crippen molar-refractivity contribution >= 4 is 6.08 Å². The Hall–Kier alpha value is -1.12. The molecule has 54 valence electrons. The molecule has 0 spiro atoms. The summed E-state index contributed by atoms with van der Waals surface area (Å²) in [5.74, 6) is 1.70. The van der Waals surface area contributed by atoms with Crippen molar-refractivity contribution in [1.29, 1.82) is 0 Å². The second-order valence-corrected chi connectivity index (χ2v) is 2.07. The minimum Gasteiger partial charge on any atom is -0.253 e. The summed E-state index contributed by atoms with van der Waals surface area (Å²) in [6.07, 6.45) is 2.57. The summed E-state index contributed by atoms with van der Waals surface area (Å²) in [6, 6.07) is 0. The molecule has 3 heteroatoms. The molecular weight excluding hydrogens is 126 g/mol. The lowest BCUT2D eigenvalue weighted by Gasteiger charge is -1.90. The Balaban J connectivity index is 3.03. The SMILES string of the molecule is C=Cc1nc(CC)n(C)n1. The van der Waals surface area contributed by atoms with Crippen molar-refractivity contribution in [2.45, 2.75) is 13.3 Å². The average molecular weight is 137 g/mol. The van der Waals surface area contributed by atoms with Crippen molar-refractivity contribution in [3.8, 4) is 0 Å². The Morgan fingerprint density at radius 1 is 1.70 bits per heavy atom. The Kier molecular flexibility index (Phi) is 1.85. The summed E-state index contributed by atoms with van der Waals surface area (Å²) in [4.78, 5) is 4.18. The molecular formula is C7H11N3. The fourth-order valence-corrected chi connectivity index (χ4v) is 0.833. The highest BCUT2D eigenvalue weighted by Crippen LogP contribution is 1.97. The van der Waals surface area contributed by atoms with Crippen LogP contribution in [0.25, 0.3) is 6.08 Å². The van der Waals surface area contributed by atoms with Gasteiger partial charge in [-0.15, -0.1) is 0 Å². The molecule has 3 nitrogen and oxygen atoms in total. The van der Waals surface area contributed by atoms with E-state index in [-0.39, 0.29) is 0 Å². The van der Waals surface area contributed by atoms with Crippen LogP contribution < -0.4 is 0 Å². The third kappa shape index (κ3) is 1.07. The van der Waals surface area contributed by atoms with Crippen LogP contribution in [0.4, 0.5) is 0 Å². The van der Waals surface area contributed by atoms with E-state index in [9.17, 15) is 0 Å². The number of hydrogen-bond acceptors (Lipinski definition) is 2. The Bertz CT molecular complexity index is 237. The highest BCUT2D eigenvalue weighted by molar-refractivity contribution is 5.34. The van der Waals surface area contributed by atoms with E-state index in [0.717, 1.165) is 12.2 Å². The van der Waals surface area contributed by atoms with Gasteiger partial charge in [-0.05, 0) is 6.08 Å². The summed E-state index contributed by atoms with van der Waals surface area (Å²) in [5.41, 5.74) is 0. The van der Waals surface area contributed by atoms with Crippen molar-refractivity contribution in [3.05, 3.63) is 18.2 Å². The van der Waals surface area contributed by atoms with Crippen LogP contribution in [0.5, 0.6) is 0 Å². The standard InChI is InChI=1S/C7H11N3/c1-4-6-8-7(5-2)10(3)9-6/h4H,1,5H2,2-3H3. The molecule has 1 rings (SSSR count). The van der Waals surface area contributed by atoms with Crippen molar-refractivity contribution in [1.82, 2.24) is 14.8 Å². The molecule has 1 aromatic heterocycles. The van der Waals surface area contributed by atoms with Crippen molar-refractivity contribution in [3.63, 3.8) is 0 Å². The smallest absolute Gasteiger partial charge is 0.173 e. The molecule has 0 aliphatic rings. The number of nitrogens with zero attached hydrogens (tertiary/aromatic N) is 3. The van der Waals surface area contributed by atoms with Gasteiger partial charge in [-0.25, -0.2) is 4.98 Å². The van der Waals surface area contributed by atoms with Gasteiger partial charge in [-0.2, -0.15) is 5.10 Å². The van der Waals surface area contributed by atoms with Crippen LogP contribution in [0.2, 0.25) is 0 Å². The molecule has 0 saturated carbocycles. The predicted octanol–water partition coefficient (Wildman–Crippen LogP) is 1.02. The van der Waals surface area contributed by atoms with E-state index in [1.54, 1.807) is 10.8 Å². The van der Waals surface area contributed by atoms with Crippen LogP contribution in [0.1, 0.15) is 18.6 Å². The van der Waals surface area contributed by atoms with E-state index in [1.807, 2.05) is 7.05 Å². The van der Waals surface area contributed by atoms with Gasteiger partial charge in [-0.1, -0.05) is 13.5 Å². The van der Waals surface area contributed by atoms with Gasteiger partial charge in [-0.3, -0.25) is 4.68 Å². The maximum absolute atomic E-state index is 4.18. The number of aryl methyl sites for hydroxylation is 2. The molecule has 0 radical (unpaired) electrons. The molecule has 0 aliphatic heterocycles. The lowest BCUT2D eigenvalue weighted by atomic mass is 10.4. The second-order valence-electron chi connectivity index (χ2n) is 2.07. The van der Waals surface area contributed by atoms with Crippen LogP contribution in [0.15, 0.2) is 6.58 Å². The van der Waals surface area contributed by atoms with Gasteiger partial charge in [0.05, 0.1) is 0 Å². The first-order chi connectivity index (χ1) is 4.77. The summed E-state index contributed by atoms with van der Waals surface area (Å²) in [7, 11) is 1.89. The van der Waals surface area contributed by atoms with Gasteiger partial charge in [0.2, 0.25) is 0 Å². The second kappa shape index (κ2) is 2.64. The Labute approximate surface area is 60.4 Å². The van der Waals surface area contributed by atoms with Gasteiger partial charge in [0, 0.05) is 13.5 Å². The predicted molar refractivity (Wildman–Crippen MR) is 40.5 cm³/mol. The topological polar surface area (TPSA) is 30.7 Å². The van der Waals surface area contributed by atoms with E-state index < -0.39 is 0 Å². The molecule has 0 atom stereocenters. The quantitative estimate of drug-likeness (QED) is 0.609. The minimum absolute atomic E-state index is 0.708. The zero-order valence-electron chi connectivity index (χ0n) is 6.33. The third-order valence-electron chi connectivity index (χ3n) is 1.37. The van der Waals surface area contributed by atoms with Crippen LogP contribution in [-0.4, -0.2) is 14.8 Å². The van der Waals surface area contributed by atoms with Crippen LogP contribution in [0.3, 0.4) is 0 Å². The van der Waals surface area contributed by atoms with Gasteiger partial charge < -0.3 is 0 Å². The fraction of sp³-hybridized carbons (Fsp3) is 0.429. The van der Waals surface area contributed by atoms with Crippen LogP contribution >= 0.6 is 0 Å². The van der Waals surface area contributed by atoms with E-state index in [2.05, 4.69) is 23.6 Å². The summed E-state index contributed by atoms with van der Waals surface area (Å²) < 4.78 is 1.77. The third-order valence-corrected chi connectivity index (χ3v) is 1.37. The molecule has 1 aromatic rings. The Morgan fingerprint density at radius 2 is 2.40 bits per heavy atom. The summed E-state index contributed by atoms with van der Waals surface area (Å²) in [6.45, 7) is 5.63. The van der Waals surface area contributed by atoms with Gasteiger partial charge >= 0.3 is 0 Å². The zero-order chi connectivity index (χ0) is 7.56. The van der Waals surface area contributed by atoms with Crippen LogP contribution in [0, 0.1) is 0 Å². The number of rotatable bonds is 2. The van der Waals surface area contributed by atoms with Crippen molar-refractivity contribution in [2.24, 2.45) is 7.05 Å². The molecule has 0 saturated heterocycles. The molecule has 0 amide bonds. The van der Waals surface area contributed by atoms with Crippen LogP contribution in [-0.2, 0) is 13.5 Å². The van der Waals surface area contributed by atoms with Crippen molar-refractivity contribution in [2.75, 3.05) is 0 Å². The van der Waals surface area contributed by atoms with Gasteiger partial charge in [0.1, 0.15) is 5.82 Å². The van der Waals surface area contributed by atoms with E-state index >= 15 is 0 Å². The molecule has 10 heavy (non-hydrogen) atoms.